The van der Waals surface area contributed by atoms with Crippen LogP contribution in [0.4, 0.5) is 4.39 Å². The number of amides is 1. The van der Waals surface area contributed by atoms with Crippen LogP contribution in [0.5, 0.6) is 0 Å². The molecule has 2 aliphatic rings. The lowest BCUT2D eigenvalue weighted by atomic mass is 9.84. The topological polar surface area (TPSA) is 41.9 Å². The molecule has 2 aromatic carbocycles. The molecular formula is C22H21Cl2FN2O2. The number of rotatable bonds is 6. The lowest BCUT2D eigenvalue weighted by Crippen LogP contribution is -2.42. The highest BCUT2D eigenvalue weighted by Gasteiger charge is 2.33. The van der Waals surface area contributed by atoms with E-state index in [1.807, 2.05) is 6.07 Å². The van der Waals surface area contributed by atoms with Gasteiger partial charge in [0.25, 0.3) is 0 Å². The Hall–Kier alpha value is -2.11. The summed E-state index contributed by atoms with van der Waals surface area (Å²) in [7, 11) is 0. The van der Waals surface area contributed by atoms with Crippen LogP contribution >= 0.6 is 23.2 Å². The largest absolute Gasteiger partial charge is 0.390 e. The van der Waals surface area contributed by atoms with Gasteiger partial charge in [0.1, 0.15) is 5.82 Å². The molecule has 1 atom stereocenters. The molecule has 1 fully saturated rings. The first kappa shape index (κ1) is 20.2. The Bertz CT molecular complexity index is 946. The molecular weight excluding hydrogens is 414 g/mol. The van der Waals surface area contributed by atoms with E-state index in [0.29, 0.717) is 28.6 Å². The van der Waals surface area contributed by atoms with Crippen molar-refractivity contribution in [1.82, 2.24) is 4.90 Å². The van der Waals surface area contributed by atoms with E-state index in [9.17, 15) is 9.18 Å². The van der Waals surface area contributed by atoms with Gasteiger partial charge in [-0.25, -0.2) is 4.39 Å². The standard InChI is InChI=1S/C22H21Cl2FN2O2/c23-18-9-8-15(10-19(18)24)21-11-17(29-26-21)13-27(22(28)14-5-3-6-14)12-16-4-1-2-7-20(16)25/h1-2,4,7-10,14,17H,3,5-6,11-13H2/t17-/m1/s1. The molecule has 2 aromatic rings. The van der Waals surface area contributed by atoms with Crippen LogP contribution < -0.4 is 0 Å². The van der Waals surface area contributed by atoms with Crippen molar-refractivity contribution in [3.63, 3.8) is 0 Å². The number of benzene rings is 2. The van der Waals surface area contributed by atoms with Crippen LogP contribution in [0.1, 0.15) is 36.8 Å². The summed E-state index contributed by atoms with van der Waals surface area (Å²) in [6.45, 7) is 0.585. The fraction of sp³-hybridized carbons (Fsp3) is 0.364. The van der Waals surface area contributed by atoms with E-state index < -0.39 is 0 Å². The zero-order chi connectivity index (χ0) is 20.4. The molecule has 0 saturated heterocycles. The second-order valence-electron chi connectivity index (χ2n) is 7.54. The highest BCUT2D eigenvalue weighted by atomic mass is 35.5. The van der Waals surface area contributed by atoms with E-state index >= 15 is 0 Å². The minimum atomic E-state index is -0.306. The Kier molecular flexibility index (Phi) is 6.07. The minimum Gasteiger partial charge on any atom is -0.390 e. The Morgan fingerprint density at radius 1 is 1.17 bits per heavy atom. The number of oxime groups is 1. The monoisotopic (exact) mass is 434 g/mol. The van der Waals surface area contributed by atoms with Crippen LogP contribution in [0.25, 0.3) is 0 Å². The lowest BCUT2D eigenvalue weighted by Gasteiger charge is -2.32. The van der Waals surface area contributed by atoms with Crippen LogP contribution in [0.2, 0.25) is 10.0 Å². The van der Waals surface area contributed by atoms with Crippen molar-refractivity contribution < 1.29 is 14.0 Å². The van der Waals surface area contributed by atoms with Gasteiger partial charge in [-0.15, -0.1) is 0 Å². The SMILES string of the molecule is O=C(C1CCC1)N(Cc1ccccc1F)C[C@H]1CC(c2ccc(Cl)c(Cl)c2)=NO1. The van der Waals surface area contributed by atoms with E-state index in [1.165, 1.54) is 6.07 Å². The summed E-state index contributed by atoms with van der Waals surface area (Å²) in [6.07, 6.45) is 3.11. The maximum absolute atomic E-state index is 14.2. The maximum Gasteiger partial charge on any atom is 0.226 e. The number of nitrogens with zero attached hydrogens (tertiary/aromatic N) is 2. The van der Waals surface area contributed by atoms with Crippen LogP contribution in [0.15, 0.2) is 47.6 Å². The van der Waals surface area contributed by atoms with Gasteiger partial charge in [0.15, 0.2) is 6.10 Å². The summed E-state index contributed by atoms with van der Waals surface area (Å²) in [5.41, 5.74) is 2.10. The molecule has 1 saturated carbocycles. The molecule has 4 rings (SSSR count). The minimum absolute atomic E-state index is 0.0265. The number of carbonyl (C=O) groups excluding carboxylic acids is 1. The van der Waals surface area contributed by atoms with Crippen LogP contribution in [-0.2, 0) is 16.2 Å². The molecule has 0 radical (unpaired) electrons. The Balaban J connectivity index is 1.46. The zero-order valence-corrected chi connectivity index (χ0v) is 17.3. The predicted octanol–water partition coefficient (Wildman–Crippen LogP) is 5.45. The quantitative estimate of drug-likeness (QED) is 0.605. The molecule has 1 heterocycles. The summed E-state index contributed by atoms with van der Waals surface area (Å²) in [5, 5.41) is 5.11. The molecule has 0 aromatic heterocycles. The third-order valence-corrected chi connectivity index (χ3v) is 6.23. The molecule has 0 bridgehead atoms. The van der Waals surface area contributed by atoms with Crippen LogP contribution in [0.3, 0.4) is 0 Å². The average molecular weight is 435 g/mol. The van der Waals surface area contributed by atoms with Gasteiger partial charge in [-0.1, -0.05) is 59.0 Å². The number of carbonyl (C=O) groups is 1. The summed E-state index contributed by atoms with van der Waals surface area (Å²) >= 11 is 12.1. The highest BCUT2D eigenvalue weighted by Crippen LogP contribution is 2.30. The van der Waals surface area contributed by atoms with Crippen molar-refractivity contribution in [3.8, 4) is 0 Å². The fourth-order valence-electron chi connectivity index (χ4n) is 3.60. The van der Waals surface area contributed by atoms with Crippen molar-refractivity contribution >= 4 is 34.8 Å². The number of hydrogen-bond donors (Lipinski definition) is 0. The third kappa shape index (κ3) is 4.57. The maximum atomic E-state index is 14.2. The van der Waals surface area contributed by atoms with Gasteiger partial charge in [0.05, 0.1) is 22.3 Å². The predicted molar refractivity (Wildman–Crippen MR) is 112 cm³/mol. The molecule has 4 nitrogen and oxygen atoms in total. The third-order valence-electron chi connectivity index (χ3n) is 5.49. The van der Waals surface area contributed by atoms with Gasteiger partial charge in [0, 0.05) is 30.0 Å². The van der Waals surface area contributed by atoms with E-state index in [-0.39, 0.29) is 30.3 Å². The smallest absolute Gasteiger partial charge is 0.226 e. The summed E-state index contributed by atoms with van der Waals surface area (Å²) in [5.74, 6) is -0.219. The Morgan fingerprint density at radius 3 is 2.66 bits per heavy atom. The van der Waals surface area contributed by atoms with Crippen molar-refractivity contribution in [3.05, 3.63) is 69.5 Å². The first-order chi connectivity index (χ1) is 14.0. The number of halogens is 3. The molecule has 29 heavy (non-hydrogen) atoms. The first-order valence-corrected chi connectivity index (χ1v) is 10.5. The van der Waals surface area contributed by atoms with Crippen LogP contribution in [0, 0.1) is 11.7 Å². The van der Waals surface area contributed by atoms with Gasteiger partial charge in [-0.2, -0.15) is 0 Å². The van der Waals surface area contributed by atoms with E-state index in [4.69, 9.17) is 28.0 Å². The van der Waals surface area contributed by atoms with Gasteiger partial charge in [-0.3, -0.25) is 4.79 Å². The number of hydrogen-bond acceptors (Lipinski definition) is 3. The van der Waals surface area contributed by atoms with Crippen molar-refractivity contribution in [2.75, 3.05) is 6.54 Å². The van der Waals surface area contributed by atoms with Crippen molar-refractivity contribution in [1.29, 1.82) is 0 Å². The Labute approximate surface area is 179 Å². The van der Waals surface area contributed by atoms with Gasteiger partial charge in [-0.05, 0) is 31.0 Å². The van der Waals surface area contributed by atoms with Crippen molar-refractivity contribution in [2.24, 2.45) is 11.1 Å². The molecule has 1 aliphatic carbocycles. The Morgan fingerprint density at radius 2 is 1.97 bits per heavy atom. The lowest BCUT2D eigenvalue weighted by molar-refractivity contribution is -0.140. The van der Waals surface area contributed by atoms with Crippen LogP contribution in [-0.4, -0.2) is 29.2 Å². The van der Waals surface area contributed by atoms with Gasteiger partial charge < -0.3 is 9.74 Å². The van der Waals surface area contributed by atoms with Gasteiger partial charge >= 0.3 is 0 Å². The van der Waals surface area contributed by atoms with Gasteiger partial charge in [0.2, 0.25) is 5.91 Å². The molecule has 1 aliphatic heterocycles. The summed E-state index contributed by atoms with van der Waals surface area (Å²) in [4.78, 5) is 20.2. The first-order valence-electron chi connectivity index (χ1n) is 9.71. The summed E-state index contributed by atoms with van der Waals surface area (Å²) in [6, 6.07) is 11.9. The molecule has 1 amide bonds. The van der Waals surface area contributed by atoms with E-state index in [0.717, 1.165) is 30.5 Å². The summed E-state index contributed by atoms with van der Waals surface area (Å²) < 4.78 is 14.2. The average Bonchev–Trinajstić information content (AvgIpc) is 3.12. The normalized spacial score (nSPS) is 18.7. The second-order valence-corrected chi connectivity index (χ2v) is 8.35. The molecule has 0 spiro atoms. The van der Waals surface area contributed by atoms with Crippen molar-refractivity contribution in [2.45, 2.75) is 38.3 Å². The molecule has 152 valence electrons. The van der Waals surface area contributed by atoms with E-state index in [1.54, 1.807) is 35.2 Å². The van der Waals surface area contributed by atoms with E-state index in [2.05, 4.69) is 5.16 Å². The molecule has 0 unspecified atom stereocenters. The molecule has 7 heteroatoms. The second kappa shape index (κ2) is 8.72. The molecule has 0 N–H and O–H groups in total. The fourth-order valence-corrected chi connectivity index (χ4v) is 3.89. The zero-order valence-electron chi connectivity index (χ0n) is 15.8. The highest BCUT2D eigenvalue weighted by molar-refractivity contribution is 6.42.